The highest BCUT2D eigenvalue weighted by molar-refractivity contribution is 6.80. The molecule has 0 saturated carbocycles. The first-order chi connectivity index (χ1) is 6.26. The predicted molar refractivity (Wildman–Crippen MR) is 62.8 cm³/mol. The van der Waals surface area contributed by atoms with Gasteiger partial charge in [-0.15, -0.1) is 0 Å². The van der Waals surface area contributed by atoms with Crippen LogP contribution in [0.4, 0.5) is 0 Å². The summed E-state index contributed by atoms with van der Waals surface area (Å²) in [5.41, 5.74) is 0. The Morgan fingerprint density at radius 1 is 1.23 bits per heavy atom. The van der Waals surface area contributed by atoms with Gasteiger partial charge in [0, 0.05) is 13.1 Å². The summed E-state index contributed by atoms with van der Waals surface area (Å²) in [5, 5.41) is 0. The van der Waals surface area contributed by atoms with E-state index in [0.717, 1.165) is 0 Å². The Morgan fingerprint density at radius 3 is 2.23 bits per heavy atom. The van der Waals surface area contributed by atoms with Crippen LogP contribution in [0.25, 0.3) is 0 Å². The number of hydrogen-bond acceptors (Lipinski definition) is 1. The van der Waals surface area contributed by atoms with E-state index in [0.29, 0.717) is 0 Å². The summed E-state index contributed by atoms with van der Waals surface area (Å²) >= 11 is 0. The molecule has 1 saturated heterocycles. The summed E-state index contributed by atoms with van der Waals surface area (Å²) in [6.07, 6.45) is 6.06. The maximum absolute atomic E-state index is 2.61. The SMILES string of the molecule is CC=CC[Si](CC)(CC)CN1CC1. The number of rotatable bonds is 6. The average molecular weight is 197 g/mol. The van der Waals surface area contributed by atoms with Crippen LogP contribution in [-0.4, -0.2) is 32.2 Å². The minimum absolute atomic E-state index is 0.926. The van der Waals surface area contributed by atoms with Gasteiger partial charge >= 0.3 is 0 Å². The third-order valence-corrected chi connectivity index (χ3v) is 8.61. The summed E-state index contributed by atoms with van der Waals surface area (Å²) in [7, 11) is -0.926. The van der Waals surface area contributed by atoms with Gasteiger partial charge in [0.1, 0.15) is 0 Å². The minimum atomic E-state index is -0.926. The van der Waals surface area contributed by atoms with E-state index in [2.05, 4.69) is 37.8 Å². The molecule has 13 heavy (non-hydrogen) atoms. The maximum Gasteiger partial charge on any atom is 0.0722 e. The summed E-state index contributed by atoms with van der Waals surface area (Å²) in [4.78, 5) is 2.61. The van der Waals surface area contributed by atoms with Crippen molar-refractivity contribution in [1.82, 2.24) is 4.90 Å². The molecule has 1 aliphatic heterocycles. The highest BCUT2D eigenvalue weighted by Gasteiger charge is 2.33. The Balaban J connectivity index is 2.47. The van der Waals surface area contributed by atoms with Crippen molar-refractivity contribution in [3.05, 3.63) is 12.2 Å². The minimum Gasteiger partial charge on any atom is -0.304 e. The lowest BCUT2D eigenvalue weighted by Crippen LogP contribution is -2.40. The van der Waals surface area contributed by atoms with E-state index in [9.17, 15) is 0 Å². The molecule has 0 aromatic rings. The van der Waals surface area contributed by atoms with Crippen LogP contribution in [0.15, 0.2) is 12.2 Å². The first-order valence-electron chi connectivity index (χ1n) is 5.60. The first-order valence-corrected chi connectivity index (χ1v) is 8.42. The molecule has 0 unspecified atom stereocenters. The smallest absolute Gasteiger partial charge is 0.0722 e. The third-order valence-electron chi connectivity index (χ3n) is 3.39. The highest BCUT2D eigenvalue weighted by atomic mass is 28.3. The van der Waals surface area contributed by atoms with E-state index in [1.54, 1.807) is 0 Å². The van der Waals surface area contributed by atoms with Crippen molar-refractivity contribution in [2.45, 2.75) is 38.9 Å². The Morgan fingerprint density at radius 2 is 1.85 bits per heavy atom. The van der Waals surface area contributed by atoms with Gasteiger partial charge in [-0.3, -0.25) is 0 Å². The molecule has 0 amide bonds. The lowest BCUT2D eigenvalue weighted by atomic mass is 10.6. The van der Waals surface area contributed by atoms with Gasteiger partial charge in [-0.1, -0.05) is 38.1 Å². The van der Waals surface area contributed by atoms with Crippen LogP contribution < -0.4 is 0 Å². The van der Waals surface area contributed by atoms with Crippen molar-refractivity contribution in [2.24, 2.45) is 0 Å². The van der Waals surface area contributed by atoms with Gasteiger partial charge in [-0.2, -0.15) is 0 Å². The topological polar surface area (TPSA) is 3.01 Å². The molecular weight excluding hydrogens is 174 g/mol. The van der Waals surface area contributed by atoms with Gasteiger partial charge in [-0.25, -0.2) is 0 Å². The van der Waals surface area contributed by atoms with Crippen molar-refractivity contribution >= 4 is 8.07 Å². The van der Waals surface area contributed by atoms with Gasteiger partial charge in [0.15, 0.2) is 0 Å². The summed E-state index contributed by atoms with van der Waals surface area (Å²) in [6, 6.07) is 4.29. The molecule has 2 heteroatoms. The van der Waals surface area contributed by atoms with Crippen LogP contribution in [0.1, 0.15) is 20.8 Å². The van der Waals surface area contributed by atoms with E-state index in [-0.39, 0.29) is 0 Å². The molecule has 0 aliphatic carbocycles. The standard InChI is InChI=1S/C11H23NSi/c1-4-7-10-13(5-2,6-3)11-12-8-9-12/h4,7H,5-6,8-11H2,1-3H3. The summed E-state index contributed by atoms with van der Waals surface area (Å²) in [6.45, 7) is 9.66. The van der Waals surface area contributed by atoms with Gasteiger partial charge in [0.2, 0.25) is 0 Å². The molecular formula is C11H23NSi. The van der Waals surface area contributed by atoms with Crippen molar-refractivity contribution < 1.29 is 0 Å². The number of allylic oxidation sites excluding steroid dienone is 2. The molecule has 0 N–H and O–H groups in total. The molecule has 1 heterocycles. The van der Waals surface area contributed by atoms with E-state index < -0.39 is 8.07 Å². The molecule has 0 aromatic heterocycles. The van der Waals surface area contributed by atoms with E-state index in [1.165, 1.54) is 37.4 Å². The monoisotopic (exact) mass is 197 g/mol. The molecule has 0 spiro atoms. The zero-order valence-electron chi connectivity index (χ0n) is 9.34. The lowest BCUT2D eigenvalue weighted by Gasteiger charge is -2.28. The van der Waals surface area contributed by atoms with Crippen LogP contribution in [-0.2, 0) is 0 Å². The van der Waals surface area contributed by atoms with E-state index in [4.69, 9.17) is 0 Å². The Kier molecular flexibility index (Phi) is 4.20. The first kappa shape index (κ1) is 11.0. The molecule has 76 valence electrons. The van der Waals surface area contributed by atoms with Crippen LogP contribution in [0.2, 0.25) is 18.1 Å². The lowest BCUT2D eigenvalue weighted by molar-refractivity contribution is 0.641. The quantitative estimate of drug-likeness (QED) is 0.359. The second-order valence-corrected chi connectivity index (χ2v) is 9.40. The molecule has 0 radical (unpaired) electrons. The summed E-state index contributed by atoms with van der Waals surface area (Å²) < 4.78 is 0. The molecule has 1 fully saturated rings. The highest BCUT2D eigenvalue weighted by Crippen LogP contribution is 2.24. The predicted octanol–water partition coefficient (Wildman–Crippen LogP) is 2.91. The average Bonchev–Trinajstić information content (AvgIpc) is 2.96. The van der Waals surface area contributed by atoms with Crippen LogP contribution in [0.3, 0.4) is 0 Å². The van der Waals surface area contributed by atoms with Crippen molar-refractivity contribution in [3.63, 3.8) is 0 Å². The second-order valence-electron chi connectivity index (χ2n) is 4.26. The Bertz CT molecular complexity index is 169. The number of nitrogens with zero attached hydrogens (tertiary/aromatic N) is 1. The van der Waals surface area contributed by atoms with Crippen LogP contribution >= 0.6 is 0 Å². The Hall–Kier alpha value is -0.0831. The molecule has 1 rings (SSSR count). The molecule has 1 nitrogen and oxygen atoms in total. The van der Waals surface area contributed by atoms with Crippen LogP contribution in [0.5, 0.6) is 0 Å². The van der Waals surface area contributed by atoms with Gasteiger partial charge in [-0.05, 0) is 19.1 Å². The van der Waals surface area contributed by atoms with Gasteiger partial charge in [0.25, 0.3) is 0 Å². The van der Waals surface area contributed by atoms with E-state index in [1.807, 2.05) is 0 Å². The fourth-order valence-electron chi connectivity index (χ4n) is 1.90. The Labute approximate surface area is 83.8 Å². The zero-order valence-corrected chi connectivity index (χ0v) is 10.3. The fraction of sp³-hybridized carbons (Fsp3) is 0.818. The van der Waals surface area contributed by atoms with Crippen molar-refractivity contribution in [1.29, 1.82) is 0 Å². The maximum atomic E-state index is 2.61. The zero-order chi connectivity index (χ0) is 9.73. The molecule has 1 aliphatic rings. The van der Waals surface area contributed by atoms with Crippen molar-refractivity contribution in [2.75, 3.05) is 19.3 Å². The van der Waals surface area contributed by atoms with Gasteiger partial charge in [0.05, 0.1) is 8.07 Å². The second kappa shape index (κ2) is 4.96. The van der Waals surface area contributed by atoms with Crippen LogP contribution in [0, 0.1) is 0 Å². The van der Waals surface area contributed by atoms with Crippen molar-refractivity contribution in [3.8, 4) is 0 Å². The normalized spacial score (nSPS) is 18.4. The van der Waals surface area contributed by atoms with E-state index >= 15 is 0 Å². The summed E-state index contributed by atoms with van der Waals surface area (Å²) in [5.74, 6) is 0. The molecule has 0 aromatic carbocycles. The fourth-order valence-corrected chi connectivity index (χ4v) is 5.55. The van der Waals surface area contributed by atoms with Gasteiger partial charge < -0.3 is 4.90 Å². The largest absolute Gasteiger partial charge is 0.304 e. The number of hydrogen-bond donors (Lipinski definition) is 0. The molecule has 0 bridgehead atoms. The molecule has 0 atom stereocenters. The third kappa shape index (κ3) is 3.28.